The molecule has 2 heteroatoms. The van der Waals surface area contributed by atoms with Crippen molar-refractivity contribution in [1.29, 1.82) is 0 Å². The van der Waals surface area contributed by atoms with E-state index in [-0.39, 0.29) is 0 Å². The number of anilines is 4. The molecule has 6 aromatic carbocycles. The normalized spacial score (nSPS) is 16.1. The molecule has 0 unspecified atom stereocenters. The van der Waals surface area contributed by atoms with Crippen molar-refractivity contribution in [2.75, 3.05) is 23.9 Å². The lowest BCUT2D eigenvalue weighted by atomic mass is 9.42. The molecule has 0 aromatic heterocycles. The first-order valence-corrected chi connectivity index (χ1v) is 14.8. The van der Waals surface area contributed by atoms with E-state index in [0.717, 1.165) is 0 Å². The SMILES string of the molecule is CN1c2ccccc2C2(c3ccccc3-c3ccccc3C23c2ccccc2N(C)c2ccccc23)c2ccccc21. The van der Waals surface area contributed by atoms with Crippen molar-refractivity contribution >= 4 is 22.7 Å². The molecule has 2 heterocycles. The number of hydrogen-bond acceptors (Lipinski definition) is 2. The zero-order valence-corrected chi connectivity index (χ0v) is 23.8. The molecule has 0 fully saturated rings. The lowest BCUT2D eigenvalue weighted by Crippen LogP contribution is -2.58. The van der Waals surface area contributed by atoms with E-state index in [0.29, 0.717) is 0 Å². The molecular weight excluding hydrogens is 508 g/mol. The molecule has 6 aromatic rings. The van der Waals surface area contributed by atoms with Crippen LogP contribution in [0.5, 0.6) is 0 Å². The Bertz CT molecular complexity index is 1810. The monoisotopic (exact) mass is 538 g/mol. The van der Waals surface area contributed by atoms with Crippen LogP contribution in [0.15, 0.2) is 146 Å². The Morgan fingerprint density at radius 1 is 0.310 bits per heavy atom. The fraction of sp³-hybridized carbons (Fsp3) is 0.100. The van der Waals surface area contributed by atoms with Gasteiger partial charge >= 0.3 is 0 Å². The van der Waals surface area contributed by atoms with E-state index in [1.54, 1.807) is 0 Å². The third kappa shape index (κ3) is 2.53. The second-order valence-corrected chi connectivity index (χ2v) is 11.8. The molecule has 2 nitrogen and oxygen atoms in total. The summed E-state index contributed by atoms with van der Waals surface area (Å²) in [6.45, 7) is 0. The summed E-state index contributed by atoms with van der Waals surface area (Å²) < 4.78 is 0. The molecule has 0 radical (unpaired) electrons. The second kappa shape index (κ2) is 8.24. The number of hydrogen-bond donors (Lipinski definition) is 0. The maximum Gasteiger partial charge on any atom is 0.0677 e. The van der Waals surface area contributed by atoms with E-state index in [1.807, 2.05) is 0 Å². The molecule has 2 aliphatic heterocycles. The van der Waals surface area contributed by atoms with Crippen molar-refractivity contribution in [3.63, 3.8) is 0 Å². The molecule has 0 saturated carbocycles. The van der Waals surface area contributed by atoms with Gasteiger partial charge in [0.1, 0.15) is 0 Å². The Labute approximate surface area is 247 Å². The molecule has 200 valence electrons. The highest BCUT2D eigenvalue weighted by molar-refractivity contribution is 5.95. The van der Waals surface area contributed by atoms with Gasteiger partial charge in [0.15, 0.2) is 0 Å². The molecule has 0 amide bonds. The van der Waals surface area contributed by atoms with Crippen LogP contribution in [0.25, 0.3) is 11.1 Å². The zero-order chi connectivity index (χ0) is 28.1. The van der Waals surface area contributed by atoms with Gasteiger partial charge in [-0.15, -0.1) is 0 Å². The first kappa shape index (κ1) is 23.6. The number of fused-ring (bicyclic) bond motifs is 14. The van der Waals surface area contributed by atoms with Crippen LogP contribution in [0.4, 0.5) is 22.7 Å². The summed E-state index contributed by atoms with van der Waals surface area (Å²) in [5.74, 6) is 0. The van der Waals surface area contributed by atoms with Gasteiger partial charge in [-0.3, -0.25) is 0 Å². The van der Waals surface area contributed by atoms with Crippen molar-refractivity contribution in [2.45, 2.75) is 10.8 Å². The smallest absolute Gasteiger partial charge is 0.0677 e. The van der Waals surface area contributed by atoms with E-state index in [4.69, 9.17) is 0 Å². The van der Waals surface area contributed by atoms with Gasteiger partial charge in [0.05, 0.1) is 10.8 Å². The summed E-state index contributed by atoms with van der Waals surface area (Å²) in [7, 11) is 4.44. The van der Waals surface area contributed by atoms with E-state index in [1.165, 1.54) is 67.3 Å². The minimum Gasteiger partial charge on any atom is -0.344 e. The second-order valence-electron chi connectivity index (χ2n) is 11.8. The van der Waals surface area contributed by atoms with Gasteiger partial charge in [0.25, 0.3) is 0 Å². The quantitative estimate of drug-likeness (QED) is 0.190. The fourth-order valence-corrected chi connectivity index (χ4v) is 8.76. The van der Waals surface area contributed by atoms with Crippen LogP contribution in [-0.2, 0) is 10.8 Å². The van der Waals surface area contributed by atoms with Gasteiger partial charge in [-0.1, -0.05) is 121 Å². The highest BCUT2D eigenvalue weighted by Crippen LogP contribution is 2.71. The average Bonchev–Trinajstić information content (AvgIpc) is 3.06. The van der Waals surface area contributed by atoms with Gasteiger partial charge in [0, 0.05) is 36.8 Å². The Kier molecular flexibility index (Phi) is 4.63. The van der Waals surface area contributed by atoms with Crippen molar-refractivity contribution in [2.24, 2.45) is 0 Å². The minimum atomic E-state index is -0.550. The molecule has 0 saturated heterocycles. The molecular formula is C40H30N2. The largest absolute Gasteiger partial charge is 0.344 e. The Morgan fingerprint density at radius 2 is 0.548 bits per heavy atom. The Hall–Kier alpha value is -5.08. The van der Waals surface area contributed by atoms with Gasteiger partial charge < -0.3 is 9.80 Å². The first-order valence-electron chi connectivity index (χ1n) is 14.8. The zero-order valence-electron chi connectivity index (χ0n) is 23.8. The van der Waals surface area contributed by atoms with E-state index in [2.05, 4.69) is 169 Å². The predicted molar refractivity (Wildman–Crippen MR) is 174 cm³/mol. The molecule has 1 aliphatic carbocycles. The molecule has 3 aliphatic rings. The fourth-order valence-electron chi connectivity index (χ4n) is 8.76. The highest BCUT2D eigenvalue weighted by Gasteiger charge is 2.65. The maximum atomic E-state index is 2.40. The van der Waals surface area contributed by atoms with Crippen molar-refractivity contribution in [1.82, 2.24) is 0 Å². The molecule has 0 N–H and O–H groups in total. The van der Waals surface area contributed by atoms with Crippen LogP contribution in [-0.4, -0.2) is 14.1 Å². The van der Waals surface area contributed by atoms with Crippen molar-refractivity contribution < 1.29 is 0 Å². The van der Waals surface area contributed by atoms with E-state index < -0.39 is 10.8 Å². The molecule has 2 spiro atoms. The number of rotatable bonds is 0. The lowest BCUT2D eigenvalue weighted by Gasteiger charge is -2.61. The standard InChI is InChI=1S/C40H30N2/c1-41-35-23-11-7-19-31(35)39(32-20-8-12-24-36(32)41)29-17-5-3-15-27(29)28-16-4-6-18-30(28)40(39)33-21-9-13-25-37(33)42(2)38-26-14-10-22-34(38)40/h3-26H,1-2H3. The topological polar surface area (TPSA) is 6.48 Å². The van der Waals surface area contributed by atoms with Gasteiger partial charge in [-0.25, -0.2) is 0 Å². The third-order valence-corrected chi connectivity index (χ3v) is 10.2. The van der Waals surface area contributed by atoms with Gasteiger partial charge in [-0.2, -0.15) is 0 Å². The van der Waals surface area contributed by atoms with Crippen LogP contribution in [0.1, 0.15) is 33.4 Å². The summed E-state index contributed by atoms with van der Waals surface area (Å²) in [6, 6.07) is 54.7. The summed E-state index contributed by atoms with van der Waals surface area (Å²) >= 11 is 0. The molecule has 0 atom stereocenters. The summed E-state index contributed by atoms with van der Waals surface area (Å²) in [5, 5.41) is 0. The Morgan fingerprint density at radius 3 is 0.857 bits per heavy atom. The van der Waals surface area contributed by atoms with Crippen LogP contribution in [0.2, 0.25) is 0 Å². The van der Waals surface area contributed by atoms with Gasteiger partial charge in [-0.05, 0) is 68.8 Å². The van der Waals surface area contributed by atoms with Crippen molar-refractivity contribution in [3.8, 4) is 11.1 Å². The van der Waals surface area contributed by atoms with Crippen LogP contribution < -0.4 is 9.80 Å². The van der Waals surface area contributed by atoms with Crippen LogP contribution in [0, 0.1) is 0 Å². The van der Waals surface area contributed by atoms with E-state index >= 15 is 0 Å². The van der Waals surface area contributed by atoms with Crippen LogP contribution >= 0.6 is 0 Å². The molecule has 0 bridgehead atoms. The minimum absolute atomic E-state index is 0.550. The van der Waals surface area contributed by atoms with Crippen LogP contribution in [0.3, 0.4) is 0 Å². The number of nitrogens with zero attached hydrogens (tertiary/aromatic N) is 2. The number of para-hydroxylation sites is 4. The first-order chi connectivity index (χ1) is 20.7. The number of benzene rings is 6. The molecule has 9 rings (SSSR count). The summed E-state index contributed by atoms with van der Waals surface area (Å²) in [6.07, 6.45) is 0. The third-order valence-electron chi connectivity index (χ3n) is 10.2. The summed E-state index contributed by atoms with van der Waals surface area (Å²) in [5.41, 5.74) is 14.6. The lowest BCUT2D eigenvalue weighted by molar-refractivity contribution is 0.409. The molecule has 42 heavy (non-hydrogen) atoms. The van der Waals surface area contributed by atoms with E-state index in [9.17, 15) is 0 Å². The average molecular weight is 539 g/mol. The predicted octanol–water partition coefficient (Wildman–Crippen LogP) is 9.20. The van der Waals surface area contributed by atoms with Crippen molar-refractivity contribution in [3.05, 3.63) is 179 Å². The summed E-state index contributed by atoms with van der Waals surface area (Å²) in [4.78, 5) is 4.78. The highest BCUT2D eigenvalue weighted by atomic mass is 15.1. The Balaban J connectivity index is 1.64. The maximum absolute atomic E-state index is 2.40. The van der Waals surface area contributed by atoms with Gasteiger partial charge in [0.2, 0.25) is 0 Å².